The van der Waals surface area contributed by atoms with Crippen LogP contribution in [0, 0.1) is 0 Å². The van der Waals surface area contributed by atoms with Crippen LogP contribution in [0.25, 0.3) is 0 Å². The van der Waals surface area contributed by atoms with Gasteiger partial charge in [-0.1, -0.05) is 90.4 Å². The molecule has 1 N–H and O–H groups in total. The Balaban J connectivity index is 3.17. The fraction of sp³-hybridized carbons (Fsp3) is 0.870. The van der Waals surface area contributed by atoms with Crippen LogP contribution in [-0.4, -0.2) is 42.6 Å². The van der Waals surface area contributed by atoms with E-state index < -0.39 is 17.7 Å². The number of rotatable bonds is 22. The summed E-state index contributed by atoms with van der Waals surface area (Å²) in [7, 11) is 0. The van der Waals surface area contributed by atoms with E-state index in [4.69, 9.17) is 14.6 Å². The number of aliphatic carboxylic acids is 1. The first-order valence-corrected chi connectivity index (χ1v) is 11.6. The highest BCUT2D eigenvalue weighted by Crippen LogP contribution is 2.12. The van der Waals surface area contributed by atoms with Crippen molar-refractivity contribution >= 4 is 17.7 Å². The summed E-state index contributed by atoms with van der Waals surface area (Å²) in [5, 5.41) is 8.41. The van der Waals surface area contributed by atoms with Crippen molar-refractivity contribution in [1.82, 2.24) is 0 Å². The standard InChI is InChI=1S/C23H42O6/c1-2-3-4-5-6-7-8-9-10-11-12-13-14-15-18-28-19-20-29-22(25)17-16-21(24)23(26)27/h2-20H2,1H3,(H,26,27). The summed E-state index contributed by atoms with van der Waals surface area (Å²) in [4.78, 5) is 32.5. The average molecular weight is 415 g/mol. The minimum Gasteiger partial charge on any atom is -0.476 e. The Kier molecular flexibility index (Phi) is 20.2. The molecule has 0 saturated carbocycles. The summed E-state index contributed by atoms with van der Waals surface area (Å²) in [6.45, 7) is 3.39. The molecule has 170 valence electrons. The van der Waals surface area contributed by atoms with E-state index in [0.29, 0.717) is 13.2 Å². The Morgan fingerprint density at radius 3 is 1.59 bits per heavy atom. The summed E-state index contributed by atoms with van der Waals surface area (Å²) < 4.78 is 10.3. The highest BCUT2D eigenvalue weighted by atomic mass is 16.6. The predicted octanol–water partition coefficient (Wildman–Crippen LogP) is 5.46. The molecule has 0 radical (unpaired) electrons. The molecular weight excluding hydrogens is 372 g/mol. The third-order valence-electron chi connectivity index (χ3n) is 4.93. The molecule has 0 rings (SSSR count). The maximum atomic E-state index is 11.3. The van der Waals surface area contributed by atoms with Crippen molar-refractivity contribution in [1.29, 1.82) is 0 Å². The zero-order valence-corrected chi connectivity index (χ0v) is 18.4. The van der Waals surface area contributed by atoms with Crippen LogP contribution < -0.4 is 0 Å². The highest BCUT2D eigenvalue weighted by molar-refractivity contribution is 6.32. The number of carboxylic acids is 1. The lowest BCUT2D eigenvalue weighted by Crippen LogP contribution is -2.16. The van der Waals surface area contributed by atoms with Crippen LogP contribution in [-0.2, 0) is 23.9 Å². The number of carbonyl (C=O) groups excluding carboxylic acids is 2. The van der Waals surface area contributed by atoms with Gasteiger partial charge >= 0.3 is 11.9 Å². The number of ketones is 1. The lowest BCUT2D eigenvalue weighted by molar-refractivity contribution is -0.151. The quantitative estimate of drug-likeness (QED) is 0.144. The number of carboxylic acid groups (broad SMARTS) is 1. The van der Waals surface area contributed by atoms with E-state index in [1.165, 1.54) is 77.0 Å². The zero-order valence-electron chi connectivity index (χ0n) is 18.4. The Morgan fingerprint density at radius 1 is 0.621 bits per heavy atom. The number of hydrogen-bond acceptors (Lipinski definition) is 5. The van der Waals surface area contributed by atoms with Crippen molar-refractivity contribution in [2.24, 2.45) is 0 Å². The van der Waals surface area contributed by atoms with Gasteiger partial charge < -0.3 is 14.6 Å². The van der Waals surface area contributed by atoms with E-state index in [1.54, 1.807) is 0 Å². The van der Waals surface area contributed by atoms with Gasteiger partial charge in [0.05, 0.1) is 13.0 Å². The maximum Gasteiger partial charge on any atom is 0.372 e. The molecule has 6 heteroatoms. The van der Waals surface area contributed by atoms with E-state index >= 15 is 0 Å². The normalized spacial score (nSPS) is 10.8. The predicted molar refractivity (Wildman–Crippen MR) is 114 cm³/mol. The topological polar surface area (TPSA) is 89.9 Å². The monoisotopic (exact) mass is 414 g/mol. The second-order valence-electron chi connectivity index (χ2n) is 7.66. The summed E-state index contributed by atoms with van der Waals surface area (Å²) in [5.74, 6) is -3.06. The van der Waals surface area contributed by atoms with Crippen molar-refractivity contribution in [2.45, 2.75) is 110 Å². The molecule has 0 aromatic rings. The summed E-state index contributed by atoms with van der Waals surface area (Å²) >= 11 is 0. The molecule has 0 atom stereocenters. The Morgan fingerprint density at radius 2 is 1.10 bits per heavy atom. The van der Waals surface area contributed by atoms with Gasteiger partial charge in [-0.25, -0.2) is 4.79 Å². The first-order valence-electron chi connectivity index (χ1n) is 11.6. The van der Waals surface area contributed by atoms with Gasteiger partial charge in [0.1, 0.15) is 6.61 Å². The molecule has 6 nitrogen and oxygen atoms in total. The average Bonchev–Trinajstić information content (AvgIpc) is 2.71. The van der Waals surface area contributed by atoms with Crippen molar-refractivity contribution < 1.29 is 29.0 Å². The molecule has 0 unspecified atom stereocenters. The molecular formula is C23H42O6. The molecule has 0 saturated heterocycles. The summed E-state index contributed by atoms with van der Waals surface area (Å²) in [5.41, 5.74) is 0. The van der Waals surface area contributed by atoms with Crippen molar-refractivity contribution in [3.05, 3.63) is 0 Å². The number of ether oxygens (including phenoxy) is 2. The minimum atomic E-state index is -1.52. The Bertz CT molecular complexity index is 422. The molecule has 0 aromatic carbocycles. The second kappa shape index (κ2) is 21.3. The van der Waals surface area contributed by atoms with Crippen molar-refractivity contribution in [3.63, 3.8) is 0 Å². The number of Topliss-reactive ketones (excluding diaryl/α,β-unsaturated/α-hetero) is 1. The molecule has 0 spiro atoms. The zero-order chi connectivity index (χ0) is 21.6. The number of hydrogen-bond donors (Lipinski definition) is 1. The lowest BCUT2D eigenvalue weighted by atomic mass is 10.0. The Hall–Kier alpha value is -1.43. The summed E-state index contributed by atoms with van der Waals surface area (Å²) in [6, 6.07) is 0. The second-order valence-corrected chi connectivity index (χ2v) is 7.66. The van der Waals surface area contributed by atoms with Crippen LogP contribution in [0.1, 0.15) is 110 Å². The highest BCUT2D eigenvalue weighted by Gasteiger charge is 2.14. The fourth-order valence-electron chi connectivity index (χ4n) is 3.11. The van der Waals surface area contributed by atoms with Crippen molar-refractivity contribution in [3.8, 4) is 0 Å². The maximum absolute atomic E-state index is 11.3. The molecule has 0 heterocycles. The smallest absolute Gasteiger partial charge is 0.372 e. The first kappa shape index (κ1) is 27.6. The number of carbonyl (C=O) groups is 3. The lowest BCUT2D eigenvalue weighted by Gasteiger charge is -2.06. The number of esters is 1. The molecule has 0 fully saturated rings. The van der Waals surface area contributed by atoms with E-state index in [9.17, 15) is 14.4 Å². The molecule has 0 aliphatic carbocycles. The fourth-order valence-corrected chi connectivity index (χ4v) is 3.11. The SMILES string of the molecule is CCCCCCCCCCCCCCCCOCCOC(=O)CCC(=O)C(=O)O. The third-order valence-corrected chi connectivity index (χ3v) is 4.93. The first-order chi connectivity index (χ1) is 14.1. The van der Waals surface area contributed by atoms with Gasteiger partial charge in [-0.3, -0.25) is 9.59 Å². The molecule has 0 aliphatic heterocycles. The van der Waals surface area contributed by atoms with Crippen LogP contribution in [0.5, 0.6) is 0 Å². The number of unbranched alkanes of at least 4 members (excludes halogenated alkanes) is 13. The van der Waals surface area contributed by atoms with Gasteiger partial charge in [-0.05, 0) is 6.42 Å². The van der Waals surface area contributed by atoms with Gasteiger partial charge in [0.25, 0.3) is 0 Å². The van der Waals surface area contributed by atoms with Crippen LogP contribution in [0.2, 0.25) is 0 Å². The largest absolute Gasteiger partial charge is 0.476 e. The van der Waals surface area contributed by atoms with E-state index in [-0.39, 0.29) is 19.4 Å². The molecule has 0 aromatic heterocycles. The van der Waals surface area contributed by atoms with Gasteiger partial charge in [0.15, 0.2) is 0 Å². The van der Waals surface area contributed by atoms with Gasteiger partial charge in [-0.2, -0.15) is 0 Å². The van der Waals surface area contributed by atoms with Crippen LogP contribution in [0.3, 0.4) is 0 Å². The van der Waals surface area contributed by atoms with Gasteiger partial charge in [0, 0.05) is 13.0 Å². The Labute approximate surface area is 176 Å². The molecule has 0 aliphatic rings. The molecule has 29 heavy (non-hydrogen) atoms. The summed E-state index contributed by atoms with van der Waals surface area (Å²) in [6.07, 6.45) is 18.0. The van der Waals surface area contributed by atoms with Crippen LogP contribution in [0.15, 0.2) is 0 Å². The van der Waals surface area contributed by atoms with E-state index in [1.807, 2.05) is 0 Å². The van der Waals surface area contributed by atoms with Crippen LogP contribution >= 0.6 is 0 Å². The minimum absolute atomic E-state index is 0.138. The van der Waals surface area contributed by atoms with Gasteiger partial charge in [0.2, 0.25) is 5.78 Å². The van der Waals surface area contributed by atoms with Crippen LogP contribution in [0.4, 0.5) is 0 Å². The van der Waals surface area contributed by atoms with E-state index in [2.05, 4.69) is 6.92 Å². The molecule has 0 amide bonds. The third kappa shape index (κ3) is 21.1. The molecule has 0 bridgehead atoms. The van der Waals surface area contributed by atoms with Gasteiger partial charge in [-0.15, -0.1) is 0 Å². The van der Waals surface area contributed by atoms with Crippen molar-refractivity contribution in [2.75, 3.05) is 19.8 Å². The van der Waals surface area contributed by atoms with E-state index in [0.717, 1.165) is 12.8 Å².